The minimum absolute atomic E-state index is 0.0375. The highest BCUT2D eigenvalue weighted by atomic mass is 35.5. The molecule has 0 saturated carbocycles. The number of halogens is 1. The molecule has 0 atom stereocenters. The van der Waals surface area contributed by atoms with Crippen LogP contribution in [0.4, 0.5) is 5.69 Å². The number of hydrogen-bond acceptors (Lipinski definition) is 4. The molecule has 1 saturated heterocycles. The predicted molar refractivity (Wildman–Crippen MR) is 104 cm³/mol. The van der Waals surface area contributed by atoms with Crippen LogP contribution in [-0.2, 0) is 13.0 Å². The highest BCUT2D eigenvalue weighted by molar-refractivity contribution is 6.30. The second-order valence-electron chi connectivity index (χ2n) is 7.09. The van der Waals surface area contributed by atoms with Crippen LogP contribution in [0.5, 0.6) is 0 Å². The Balaban J connectivity index is 1.58. The first-order valence-corrected chi connectivity index (χ1v) is 9.44. The summed E-state index contributed by atoms with van der Waals surface area (Å²) in [5, 5.41) is 0.683. The van der Waals surface area contributed by atoms with E-state index in [1.807, 2.05) is 35.5 Å². The molecule has 0 spiro atoms. The number of amides is 1. The number of likely N-dealkylation sites (N-methyl/N-ethyl adjacent to an activating group) is 1. The van der Waals surface area contributed by atoms with Crippen LogP contribution >= 0.6 is 11.6 Å². The number of aromatic nitrogens is 1. The van der Waals surface area contributed by atoms with Gasteiger partial charge in [-0.3, -0.25) is 14.7 Å². The zero-order chi connectivity index (χ0) is 18.1. The predicted octanol–water partition coefficient (Wildman–Crippen LogP) is 2.69. The van der Waals surface area contributed by atoms with Gasteiger partial charge in [0.25, 0.3) is 5.91 Å². The molecule has 0 bridgehead atoms. The number of anilines is 1. The van der Waals surface area contributed by atoms with Crippen molar-refractivity contribution in [1.29, 1.82) is 0 Å². The van der Waals surface area contributed by atoms with Gasteiger partial charge in [0.05, 0.1) is 11.9 Å². The Morgan fingerprint density at radius 3 is 2.73 bits per heavy atom. The maximum Gasteiger partial charge on any atom is 0.258 e. The standard InChI is InChI=1S/C20H23ClN4O/c1-23-8-10-24(11-9-23)14-16-4-6-22-13-19(16)25-7-5-15-12-17(21)2-3-18(15)20(25)26/h2-4,6,12-13H,5,7-11,14H2,1H3. The van der Waals surface area contributed by atoms with Gasteiger partial charge < -0.3 is 9.80 Å². The van der Waals surface area contributed by atoms with Crippen LogP contribution in [0, 0.1) is 0 Å². The molecule has 0 N–H and O–H groups in total. The van der Waals surface area contributed by atoms with Crippen LogP contribution in [-0.4, -0.2) is 60.5 Å². The molecular formula is C20H23ClN4O. The Bertz CT molecular complexity index is 817. The summed E-state index contributed by atoms with van der Waals surface area (Å²) < 4.78 is 0. The van der Waals surface area contributed by atoms with E-state index in [1.165, 1.54) is 0 Å². The summed E-state index contributed by atoms with van der Waals surface area (Å²) in [5.74, 6) is 0.0375. The lowest BCUT2D eigenvalue weighted by atomic mass is 9.98. The number of fused-ring (bicyclic) bond motifs is 1. The Morgan fingerprint density at radius 1 is 1.12 bits per heavy atom. The summed E-state index contributed by atoms with van der Waals surface area (Å²) >= 11 is 6.08. The molecule has 2 aliphatic rings. The zero-order valence-corrected chi connectivity index (χ0v) is 15.7. The van der Waals surface area contributed by atoms with E-state index in [0.717, 1.165) is 61.5 Å². The van der Waals surface area contributed by atoms with Gasteiger partial charge in [-0.1, -0.05) is 11.6 Å². The molecule has 6 heteroatoms. The molecule has 3 heterocycles. The highest BCUT2D eigenvalue weighted by Gasteiger charge is 2.27. The average molecular weight is 371 g/mol. The van der Waals surface area contributed by atoms with Gasteiger partial charge >= 0.3 is 0 Å². The molecule has 1 aromatic carbocycles. The van der Waals surface area contributed by atoms with Crippen LogP contribution in [0.15, 0.2) is 36.7 Å². The summed E-state index contributed by atoms with van der Waals surface area (Å²) in [6.07, 6.45) is 4.45. The molecule has 2 aliphatic heterocycles. The summed E-state index contributed by atoms with van der Waals surface area (Å²) in [6, 6.07) is 7.57. The van der Waals surface area contributed by atoms with E-state index in [9.17, 15) is 4.79 Å². The van der Waals surface area contributed by atoms with Crippen molar-refractivity contribution in [3.8, 4) is 0 Å². The Morgan fingerprint density at radius 2 is 1.92 bits per heavy atom. The van der Waals surface area contributed by atoms with Crippen molar-refractivity contribution in [3.63, 3.8) is 0 Å². The maximum absolute atomic E-state index is 13.1. The monoisotopic (exact) mass is 370 g/mol. The summed E-state index contributed by atoms with van der Waals surface area (Å²) in [6.45, 7) is 5.77. The van der Waals surface area contributed by atoms with E-state index in [1.54, 1.807) is 6.07 Å². The van der Waals surface area contributed by atoms with E-state index >= 15 is 0 Å². The van der Waals surface area contributed by atoms with E-state index in [4.69, 9.17) is 11.6 Å². The fraction of sp³-hybridized carbons (Fsp3) is 0.400. The van der Waals surface area contributed by atoms with Gasteiger partial charge in [0.2, 0.25) is 0 Å². The van der Waals surface area contributed by atoms with Crippen LogP contribution in [0.1, 0.15) is 21.5 Å². The maximum atomic E-state index is 13.1. The second kappa shape index (κ2) is 7.35. The summed E-state index contributed by atoms with van der Waals surface area (Å²) in [5.41, 5.74) is 3.87. The number of carbonyl (C=O) groups is 1. The van der Waals surface area contributed by atoms with Crippen LogP contribution in [0.3, 0.4) is 0 Å². The van der Waals surface area contributed by atoms with Crippen molar-refractivity contribution in [2.75, 3.05) is 44.7 Å². The van der Waals surface area contributed by atoms with Crippen molar-refractivity contribution in [2.45, 2.75) is 13.0 Å². The molecule has 0 radical (unpaired) electrons. The Labute approximate surface area is 159 Å². The molecule has 26 heavy (non-hydrogen) atoms. The Hall–Kier alpha value is -1.95. The SMILES string of the molecule is CN1CCN(Cc2ccncc2N2CCc3cc(Cl)ccc3C2=O)CC1. The summed E-state index contributed by atoms with van der Waals surface area (Å²) in [7, 11) is 2.16. The molecule has 2 aromatic rings. The zero-order valence-electron chi connectivity index (χ0n) is 15.0. The van der Waals surface area contributed by atoms with Gasteiger partial charge in [-0.15, -0.1) is 0 Å². The topological polar surface area (TPSA) is 39.7 Å². The fourth-order valence-electron chi connectivity index (χ4n) is 3.73. The third-order valence-electron chi connectivity index (χ3n) is 5.32. The van der Waals surface area contributed by atoms with Crippen LogP contribution < -0.4 is 4.90 Å². The lowest BCUT2D eigenvalue weighted by Gasteiger charge is -2.34. The quantitative estimate of drug-likeness (QED) is 0.832. The number of rotatable bonds is 3. The van der Waals surface area contributed by atoms with Gasteiger partial charge in [0.1, 0.15) is 0 Å². The largest absolute Gasteiger partial charge is 0.306 e. The lowest BCUT2D eigenvalue weighted by molar-refractivity contribution is 0.0980. The van der Waals surface area contributed by atoms with E-state index in [0.29, 0.717) is 11.6 Å². The molecule has 4 rings (SSSR count). The number of nitrogens with zero attached hydrogens (tertiary/aromatic N) is 4. The molecule has 1 aromatic heterocycles. The van der Waals surface area contributed by atoms with Gasteiger partial charge in [-0.05, 0) is 48.9 Å². The molecule has 1 fully saturated rings. The Kier molecular flexibility index (Phi) is 4.94. The first-order valence-electron chi connectivity index (χ1n) is 9.06. The van der Waals surface area contributed by atoms with Crippen LogP contribution in [0.25, 0.3) is 0 Å². The molecule has 136 valence electrons. The van der Waals surface area contributed by atoms with Gasteiger partial charge in [-0.2, -0.15) is 0 Å². The van der Waals surface area contributed by atoms with Gasteiger partial charge in [0, 0.05) is 56.1 Å². The minimum atomic E-state index is 0.0375. The minimum Gasteiger partial charge on any atom is -0.306 e. The third kappa shape index (κ3) is 3.47. The average Bonchev–Trinajstić information content (AvgIpc) is 2.65. The molecule has 0 aliphatic carbocycles. The second-order valence-corrected chi connectivity index (χ2v) is 7.53. The fourth-order valence-corrected chi connectivity index (χ4v) is 3.92. The summed E-state index contributed by atoms with van der Waals surface area (Å²) in [4.78, 5) is 24.0. The van der Waals surface area contributed by atoms with Crippen molar-refractivity contribution >= 4 is 23.2 Å². The molecule has 0 unspecified atom stereocenters. The van der Waals surface area contributed by atoms with Gasteiger partial charge in [-0.25, -0.2) is 0 Å². The van der Waals surface area contributed by atoms with Crippen molar-refractivity contribution in [3.05, 3.63) is 58.4 Å². The molecule has 1 amide bonds. The lowest BCUT2D eigenvalue weighted by Crippen LogP contribution is -2.44. The first kappa shape index (κ1) is 17.5. The number of hydrogen-bond donors (Lipinski definition) is 0. The van der Waals surface area contributed by atoms with E-state index < -0.39 is 0 Å². The smallest absolute Gasteiger partial charge is 0.258 e. The molecular weight excluding hydrogens is 348 g/mol. The van der Waals surface area contributed by atoms with Crippen molar-refractivity contribution in [1.82, 2.24) is 14.8 Å². The first-order chi connectivity index (χ1) is 12.6. The van der Waals surface area contributed by atoms with Crippen molar-refractivity contribution < 1.29 is 4.79 Å². The highest BCUT2D eigenvalue weighted by Crippen LogP contribution is 2.29. The van der Waals surface area contributed by atoms with E-state index in [-0.39, 0.29) is 5.91 Å². The normalized spacial score (nSPS) is 18.8. The number of pyridine rings is 1. The van der Waals surface area contributed by atoms with E-state index in [2.05, 4.69) is 21.8 Å². The van der Waals surface area contributed by atoms with Crippen molar-refractivity contribution in [2.24, 2.45) is 0 Å². The molecule has 5 nitrogen and oxygen atoms in total. The number of benzene rings is 1. The third-order valence-corrected chi connectivity index (χ3v) is 5.55. The number of carbonyl (C=O) groups excluding carboxylic acids is 1. The van der Waals surface area contributed by atoms with Gasteiger partial charge in [0.15, 0.2) is 0 Å². The number of piperazine rings is 1. The van der Waals surface area contributed by atoms with Crippen LogP contribution in [0.2, 0.25) is 5.02 Å².